The summed E-state index contributed by atoms with van der Waals surface area (Å²) in [5.41, 5.74) is 0. The van der Waals surface area contributed by atoms with Crippen molar-refractivity contribution in [3.63, 3.8) is 0 Å². The molecule has 0 unspecified atom stereocenters. The fourth-order valence-corrected chi connectivity index (χ4v) is 1.44. The van der Waals surface area contributed by atoms with Gasteiger partial charge < -0.3 is 4.74 Å². The largest absolute Gasteiger partial charge is 0.483 e. The second-order valence-corrected chi connectivity index (χ2v) is 4.07. The smallest absolute Gasteiger partial charge is 0.170 e. The van der Waals surface area contributed by atoms with E-state index in [0.717, 1.165) is 10.9 Å². The second-order valence-electron chi connectivity index (χ2n) is 3.15. The minimum Gasteiger partial charge on any atom is -0.483 e. The summed E-state index contributed by atoms with van der Waals surface area (Å²) < 4.78 is 19.0. The molecule has 1 aromatic rings. The fourth-order valence-electron chi connectivity index (χ4n) is 1.10. The molecule has 4 heteroatoms. The van der Waals surface area contributed by atoms with Crippen molar-refractivity contribution >= 4 is 21.7 Å². The van der Waals surface area contributed by atoms with Crippen molar-refractivity contribution in [1.29, 1.82) is 0 Å². The molecule has 0 radical (unpaired) electrons. The van der Waals surface area contributed by atoms with E-state index in [2.05, 4.69) is 15.9 Å². The van der Waals surface area contributed by atoms with Crippen molar-refractivity contribution in [2.75, 3.05) is 6.61 Å². The van der Waals surface area contributed by atoms with Crippen molar-refractivity contribution in [3.05, 3.63) is 28.5 Å². The number of hydrogen-bond acceptors (Lipinski definition) is 2. The van der Waals surface area contributed by atoms with Gasteiger partial charge in [0.2, 0.25) is 0 Å². The Bertz CT molecular complexity index is 352. The van der Waals surface area contributed by atoms with Gasteiger partial charge in [0.25, 0.3) is 0 Å². The standard InChI is InChI=1S/C11H12BrFO2/c1-2-3-9(14)7-15-11-6-8(12)4-5-10(11)13/h4-6H,2-3,7H2,1H3. The highest BCUT2D eigenvalue weighted by Gasteiger charge is 2.06. The molecule has 0 heterocycles. The highest BCUT2D eigenvalue weighted by Crippen LogP contribution is 2.22. The van der Waals surface area contributed by atoms with Gasteiger partial charge in [0.05, 0.1) is 0 Å². The van der Waals surface area contributed by atoms with Crippen LogP contribution in [-0.2, 0) is 4.79 Å². The number of carbonyl (C=O) groups excluding carboxylic acids is 1. The lowest BCUT2D eigenvalue weighted by atomic mass is 10.2. The van der Waals surface area contributed by atoms with E-state index in [0.29, 0.717) is 6.42 Å². The predicted octanol–water partition coefficient (Wildman–Crippen LogP) is 3.34. The van der Waals surface area contributed by atoms with E-state index in [1.54, 1.807) is 6.07 Å². The molecule has 0 aliphatic heterocycles. The first-order valence-corrected chi connectivity index (χ1v) is 5.52. The van der Waals surface area contributed by atoms with Gasteiger partial charge in [-0.25, -0.2) is 4.39 Å². The highest BCUT2D eigenvalue weighted by molar-refractivity contribution is 9.10. The first kappa shape index (κ1) is 12.2. The summed E-state index contributed by atoms with van der Waals surface area (Å²) in [5.74, 6) is -0.367. The molecule has 0 N–H and O–H groups in total. The van der Waals surface area contributed by atoms with E-state index in [-0.39, 0.29) is 18.1 Å². The molecule has 0 bridgehead atoms. The van der Waals surface area contributed by atoms with Gasteiger partial charge in [-0.3, -0.25) is 4.79 Å². The second kappa shape index (κ2) is 5.85. The number of Topliss-reactive ketones (excluding diaryl/α,β-unsaturated/α-hetero) is 1. The third-order valence-corrected chi connectivity index (χ3v) is 2.30. The maximum Gasteiger partial charge on any atom is 0.170 e. The molecule has 0 saturated carbocycles. The lowest BCUT2D eigenvalue weighted by molar-refractivity contribution is -0.121. The minimum atomic E-state index is -0.456. The van der Waals surface area contributed by atoms with Crippen molar-refractivity contribution in [2.24, 2.45) is 0 Å². The Balaban J connectivity index is 2.57. The van der Waals surface area contributed by atoms with Crippen LogP contribution in [0.15, 0.2) is 22.7 Å². The fraction of sp³-hybridized carbons (Fsp3) is 0.364. The van der Waals surface area contributed by atoms with E-state index in [1.165, 1.54) is 12.1 Å². The lowest BCUT2D eigenvalue weighted by Crippen LogP contribution is -2.11. The summed E-state index contributed by atoms with van der Waals surface area (Å²) in [5, 5.41) is 0. The van der Waals surface area contributed by atoms with Gasteiger partial charge in [-0.15, -0.1) is 0 Å². The van der Waals surface area contributed by atoms with Crippen molar-refractivity contribution in [1.82, 2.24) is 0 Å². The predicted molar refractivity (Wildman–Crippen MR) is 59.5 cm³/mol. The molecule has 0 aromatic heterocycles. The summed E-state index contributed by atoms with van der Waals surface area (Å²) in [6.45, 7) is 1.85. The van der Waals surface area contributed by atoms with Gasteiger partial charge in [-0.05, 0) is 24.6 Å². The maximum atomic E-state index is 13.1. The third-order valence-electron chi connectivity index (χ3n) is 1.81. The topological polar surface area (TPSA) is 26.3 Å². The van der Waals surface area contributed by atoms with Gasteiger partial charge in [-0.1, -0.05) is 22.9 Å². The van der Waals surface area contributed by atoms with E-state index in [4.69, 9.17) is 4.74 Å². The van der Waals surface area contributed by atoms with E-state index in [1.807, 2.05) is 6.92 Å². The highest BCUT2D eigenvalue weighted by atomic mass is 79.9. The van der Waals surface area contributed by atoms with Crippen molar-refractivity contribution < 1.29 is 13.9 Å². The van der Waals surface area contributed by atoms with Crippen LogP contribution >= 0.6 is 15.9 Å². The van der Waals surface area contributed by atoms with Crippen molar-refractivity contribution in [3.8, 4) is 5.75 Å². The van der Waals surface area contributed by atoms with E-state index < -0.39 is 5.82 Å². The Kier molecular flexibility index (Phi) is 4.75. The Morgan fingerprint density at radius 3 is 2.93 bits per heavy atom. The summed E-state index contributed by atoms with van der Waals surface area (Å²) >= 11 is 3.20. The molecular formula is C11H12BrFO2. The van der Waals surface area contributed by atoms with Gasteiger partial charge in [0.1, 0.15) is 6.61 Å². The number of rotatable bonds is 5. The molecule has 0 spiro atoms. The molecular weight excluding hydrogens is 263 g/mol. The average Bonchev–Trinajstić information content (AvgIpc) is 2.20. The van der Waals surface area contributed by atoms with Gasteiger partial charge in [-0.2, -0.15) is 0 Å². The van der Waals surface area contributed by atoms with Gasteiger partial charge in [0.15, 0.2) is 17.3 Å². The molecule has 0 atom stereocenters. The normalized spacial score (nSPS) is 10.1. The van der Waals surface area contributed by atoms with Crippen LogP contribution < -0.4 is 4.74 Å². The monoisotopic (exact) mass is 274 g/mol. The van der Waals surface area contributed by atoms with Gasteiger partial charge in [0, 0.05) is 10.9 Å². The molecule has 15 heavy (non-hydrogen) atoms. The Morgan fingerprint density at radius 1 is 1.53 bits per heavy atom. The zero-order valence-electron chi connectivity index (χ0n) is 8.43. The molecule has 0 aliphatic carbocycles. The summed E-state index contributed by atoms with van der Waals surface area (Å²) in [6.07, 6.45) is 1.25. The minimum absolute atomic E-state index is 0.0168. The zero-order valence-corrected chi connectivity index (χ0v) is 10.0. The number of carbonyl (C=O) groups is 1. The molecule has 2 nitrogen and oxygen atoms in total. The average molecular weight is 275 g/mol. The zero-order chi connectivity index (χ0) is 11.3. The number of hydrogen-bond donors (Lipinski definition) is 0. The molecule has 0 fully saturated rings. The summed E-state index contributed by atoms with van der Waals surface area (Å²) in [7, 11) is 0. The molecule has 82 valence electrons. The summed E-state index contributed by atoms with van der Waals surface area (Å²) in [4.78, 5) is 11.2. The first-order valence-electron chi connectivity index (χ1n) is 4.73. The van der Waals surface area contributed by atoms with Crippen LogP contribution in [0.3, 0.4) is 0 Å². The van der Waals surface area contributed by atoms with Crippen LogP contribution in [0.25, 0.3) is 0 Å². The van der Waals surface area contributed by atoms with Crippen molar-refractivity contribution in [2.45, 2.75) is 19.8 Å². The third kappa shape index (κ3) is 4.00. The van der Waals surface area contributed by atoms with E-state index in [9.17, 15) is 9.18 Å². The maximum absolute atomic E-state index is 13.1. The molecule has 1 rings (SSSR count). The van der Waals surface area contributed by atoms with Crippen LogP contribution in [0, 0.1) is 5.82 Å². The first-order chi connectivity index (χ1) is 7.13. The summed E-state index contributed by atoms with van der Waals surface area (Å²) in [6, 6.07) is 4.38. The van der Waals surface area contributed by atoms with E-state index >= 15 is 0 Å². The lowest BCUT2D eigenvalue weighted by Gasteiger charge is -2.06. The SMILES string of the molecule is CCCC(=O)COc1cc(Br)ccc1F. The van der Waals surface area contributed by atoms with Crippen LogP contribution in [-0.4, -0.2) is 12.4 Å². The van der Waals surface area contributed by atoms with Gasteiger partial charge >= 0.3 is 0 Å². The Labute approximate surface area is 96.6 Å². The molecule has 1 aromatic carbocycles. The molecule has 0 amide bonds. The van der Waals surface area contributed by atoms with Crippen LogP contribution in [0.4, 0.5) is 4.39 Å². The van der Waals surface area contributed by atoms with Crippen LogP contribution in [0.5, 0.6) is 5.75 Å². The molecule has 0 saturated heterocycles. The number of benzene rings is 1. The quantitative estimate of drug-likeness (QED) is 0.823. The van der Waals surface area contributed by atoms with Crippen LogP contribution in [0.1, 0.15) is 19.8 Å². The molecule has 0 aliphatic rings. The number of halogens is 2. The number of ketones is 1. The Morgan fingerprint density at radius 2 is 2.27 bits per heavy atom. The Hall–Kier alpha value is -0.900. The number of ether oxygens (including phenoxy) is 1. The van der Waals surface area contributed by atoms with Crippen LogP contribution in [0.2, 0.25) is 0 Å².